The van der Waals surface area contributed by atoms with Gasteiger partial charge in [0.05, 0.1) is 19.1 Å². The molecule has 1 atom stereocenters. The van der Waals surface area contributed by atoms with Gasteiger partial charge in [-0.05, 0) is 49.1 Å². The van der Waals surface area contributed by atoms with Gasteiger partial charge in [0, 0.05) is 24.9 Å². The van der Waals surface area contributed by atoms with E-state index in [2.05, 4.69) is 30.7 Å². The lowest BCUT2D eigenvalue weighted by Crippen LogP contribution is -2.32. The molecular weight excluding hydrogens is 414 g/mol. The lowest BCUT2D eigenvalue weighted by molar-refractivity contribution is -0.132. The smallest absolute Gasteiger partial charge is 0.287 e. The number of nitrogens with zero attached hydrogens (tertiary/aromatic N) is 2. The number of amides is 2. The summed E-state index contributed by atoms with van der Waals surface area (Å²) in [7, 11) is 0. The Labute approximate surface area is 196 Å². The van der Waals surface area contributed by atoms with Crippen LogP contribution in [0.4, 0.5) is 0 Å². The third-order valence-electron chi connectivity index (χ3n) is 5.56. The standard InChI is InChI=1S/C27H35N3O3/c1-5-15-30(26(31)17-20(2)3)18-23-12-9-16-29(23)19-24-13-14-25(33-24)27(32)28-21(4)22-10-7-6-8-11-22/h6-14,16,20-21H,5,15,17-19H2,1-4H3,(H,28,32). The van der Waals surface area contributed by atoms with Crippen molar-refractivity contribution in [1.29, 1.82) is 0 Å². The number of nitrogens with one attached hydrogen (secondary N) is 1. The van der Waals surface area contributed by atoms with Crippen LogP contribution >= 0.6 is 0 Å². The Bertz CT molecular complexity index is 1040. The lowest BCUT2D eigenvalue weighted by Gasteiger charge is -2.24. The molecule has 3 rings (SSSR count). The van der Waals surface area contributed by atoms with Crippen LogP contribution in [0.15, 0.2) is 65.2 Å². The van der Waals surface area contributed by atoms with Crippen LogP contribution in [0.25, 0.3) is 0 Å². The van der Waals surface area contributed by atoms with Crippen molar-refractivity contribution in [1.82, 2.24) is 14.8 Å². The van der Waals surface area contributed by atoms with Gasteiger partial charge in [-0.25, -0.2) is 0 Å². The molecule has 0 aliphatic heterocycles. The van der Waals surface area contributed by atoms with Crippen LogP contribution in [-0.4, -0.2) is 27.8 Å². The van der Waals surface area contributed by atoms with Crippen LogP contribution in [0.5, 0.6) is 0 Å². The number of benzene rings is 1. The van der Waals surface area contributed by atoms with Crippen LogP contribution in [0.3, 0.4) is 0 Å². The van der Waals surface area contributed by atoms with Crippen LogP contribution in [-0.2, 0) is 17.9 Å². The third kappa shape index (κ3) is 6.85. The van der Waals surface area contributed by atoms with Crippen molar-refractivity contribution in [2.75, 3.05) is 6.54 Å². The Kier molecular flexibility index (Phi) is 8.52. The summed E-state index contributed by atoms with van der Waals surface area (Å²) in [6.07, 6.45) is 3.45. The van der Waals surface area contributed by atoms with E-state index < -0.39 is 0 Å². The topological polar surface area (TPSA) is 67.5 Å². The van der Waals surface area contributed by atoms with E-state index in [1.54, 1.807) is 6.07 Å². The molecule has 3 aromatic rings. The largest absolute Gasteiger partial charge is 0.454 e. The molecule has 0 saturated heterocycles. The second-order valence-electron chi connectivity index (χ2n) is 8.91. The van der Waals surface area contributed by atoms with E-state index in [1.807, 2.05) is 66.6 Å². The van der Waals surface area contributed by atoms with Gasteiger partial charge in [0.2, 0.25) is 5.91 Å². The molecule has 0 saturated carbocycles. The van der Waals surface area contributed by atoms with Gasteiger partial charge in [0.15, 0.2) is 5.76 Å². The first-order valence-corrected chi connectivity index (χ1v) is 11.7. The molecule has 6 nitrogen and oxygen atoms in total. The van der Waals surface area contributed by atoms with Gasteiger partial charge in [-0.15, -0.1) is 0 Å². The Morgan fingerprint density at radius 2 is 1.79 bits per heavy atom. The molecule has 0 fully saturated rings. The Morgan fingerprint density at radius 1 is 1.03 bits per heavy atom. The van der Waals surface area contributed by atoms with Crippen molar-refractivity contribution in [2.45, 2.75) is 59.7 Å². The van der Waals surface area contributed by atoms with Crippen LogP contribution in [0.1, 0.15) is 74.2 Å². The first-order valence-electron chi connectivity index (χ1n) is 11.7. The van der Waals surface area contributed by atoms with Gasteiger partial charge in [-0.1, -0.05) is 51.1 Å². The van der Waals surface area contributed by atoms with Gasteiger partial charge in [0.25, 0.3) is 5.91 Å². The van der Waals surface area contributed by atoms with Crippen molar-refractivity contribution in [2.24, 2.45) is 5.92 Å². The number of carbonyl (C=O) groups is 2. The zero-order chi connectivity index (χ0) is 23.8. The summed E-state index contributed by atoms with van der Waals surface area (Å²) in [6.45, 7) is 9.97. The summed E-state index contributed by atoms with van der Waals surface area (Å²) < 4.78 is 7.92. The monoisotopic (exact) mass is 449 g/mol. The van der Waals surface area contributed by atoms with Crippen molar-refractivity contribution >= 4 is 11.8 Å². The maximum atomic E-state index is 12.7. The number of hydrogen-bond acceptors (Lipinski definition) is 3. The van der Waals surface area contributed by atoms with E-state index in [4.69, 9.17) is 4.42 Å². The molecule has 1 aromatic carbocycles. The molecular formula is C27H35N3O3. The maximum Gasteiger partial charge on any atom is 0.287 e. The first-order chi connectivity index (χ1) is 15.9. The molecule has 1 unspecified atom stereocenters. The normalized spacial score (nSPS) is 12.0. The molecule has 33 heavy (non-hydrogen) atoms. The SMILES string of the molecule is CCCN(Cc1cccn1Cc1ccc(C(=O)NC(C)c2ccccc2)o1)C(=O)CC(C)C. The minimum Gasteiger partial charge on any atom is -0.454 e. The molecule has 0 bridgehead atoms. The van der Waals surface area contributed by atoms with Crippen molar-refractivity contribution in [3.8, 4) is 0 Å². The van der Waals surface area contributed by atoms with E-state index in [0.29, 0.717) is 36.9 Å². The van der Waals surface area contributed by atoms with E-state index in [0.717, 1.165) is 24.2 Å². The fraction of sp³-hybridized carbons (Fsp3) is 0.407. The van der Waals surface area contributed by atoms with E-state index in [-0.39, 0.29) is 17.9 Å². The zero-order valence-corrected chi connectivity index (χ0v) is 20.1. The van der Waals surface area contributed by atoms with Crippen molar-refractivity contribution < 1.29 is 14.0 Å². The predicted molar refractivity (Wildman–Crippen MR) is 130 cm³/mol. The van der Waals surface area contributed by atoms with Gasteiger partial charge >= 0.3 is 0 Å². The maximum absolute atomic E-state index is 12.7. The van der Waals surface area contributed by atoms with Crippen LogP contribution in [0, 0.1) is 5.92 Å². The third-order valence-corrected chi connectivity index (χ3v) is 5.56. The molecule has 0 spiro atoms. The average Bonchev–Trinajstić information content (AvgIpc) is 3.43. The zero-order valence-electron chi connectivity index (χ0n) is 20.1. The molecule has 0 aliphatic carbocycles. The van der Waals surface area contributed by atoms with Gasteiger partial charge in [-0.3, -0.25) is 9.59 Å². The highest BCUT2D eigenvalue weighted by atomic mass is 16.4. The molecule has 0 radical (unpaired) electrons. The van der Waals surface area contributed by atoms with Gasteiger partial charge < -0.3 is 19.2 Å². The summed E-state index contributed by atoms with van der Waals surface area (Å²) in [6, 6.07) is 17.3. The van der Waals surface area contributed by atoms with E-state index in [1.165, 1.54) is 0 Å². The minimum atomic E-state index is -0.237. The van der Waals surface area contributed by atoms with E-state index >= 15 is 0 Å². The fourth-order valence-corrected chi connectivity index (χ4v) is 3.83. The molecule has 1 N–H and O–H groups in total. The fourth-order valence-electron chi connectivity index (χ4n) is 3.83. The lowest BCUT2D eigenvalue weighted by atomic mass is 10.1. The molecule has 2 amide bonds. The summed E-state index contributed by atoms with van der Waals surface area (Å²) in [5.74, 6) is 1.27. The highest BCUT2D eigenvalue weighted by Crippen LogP contribution is 2.17. The number of rotatable bonds is 11. The quantitative estimate of drug-likeness (QED) is 0.426. The highest BCUT2D eigenvalue weighted by molar-refractivity contribution is 5.91. The number of hydrogen-bond donors (Lipinski definition) is 1. The second kappa shape index (κ2) is 11.5. The van der Waals surface area contributed by atoms with E-state index in [9.17, 15) is 9.59 Å². The minimum absolute atomic E-state index is 0.115. The molecule has 2 heterocycles. The Balaban J connectivity index is 1.64. The highest BCUT2D eigenvalue weighted by Gasteiger charge is 2.18. The predicted octanol–water partition coefficient (Wildman–Crippen LogP) is 5.41. The number of carbonyl (C=O) groups excluding carboxylic acids is 2. The summed E-state index contributed by atoms with van der Waals surface area (Å²) in [4.78, 5) is 27.2. The van der Waals surface area contributed by atoms with Gasteiger partial charge in [-0.2, -0.15) is 0 Å². The van der Waals surface area contributed by atoms with Crippen molar-refractivity contribution in [3.05, 3.63) is 83.6 Å². The Morgan fingerprint density at radius 3 is 2.48 bits per heavy atom. The summed E-state index contributed by atoms with van der Waals surface area (Å²) in [5, 5.41) is 2.98. The number of furan rings is 1. The molecule has 176 valence electrons. The molecule has 6 heteroatoms. The molecule has 0 aliphatic rings. The number of aromatic nitrogens is 1. The second-order valence-corrected chi connectivity index (χ2v) is 8.91. The summed E-state index contributed by atoms with van der Waals surface area (Å²) in [5.41, 5.74) is 2.08. The molecule has 2 aromatic heterocycles. The van der Waals surface area contributed by atoms with Gasteiger partial charge in [0.1, 0.15) is 5.76 Å². The van der Waals surface area contributed by atoms with Crippen LogP contribution < -0.4 is 5.32 Å². The summed E-state index contributed by atoms with van der Waals surface area (Å²) >= 11 is 0. The van der Waals surface area contributed by atoms with Crippen LogP contribution in [0.2, 0.25) is 0 Å². The Hall–Kier alpha value is -3.28. The first kappa shape index (κ1) is 24.4. The van der Waals surface area contributed by atoms with Crippen molar-refractivity contribution in [3.63, 3.8) is 0 Å². The average molecular weight is 450 g/mol.